The van der Waals surface area contributed by atoms with E-state index in [2.05, 4.69) is 36.4 Å². The minimum Gasteiger partial charge on any atom is -0.455 e. The summed E-state index contributed by atoms with van der Waals surface area (Å²) in [7, 11) is 0. The summed E-state index contributed by atoms with van der Waals surface area (Å²) in [6.07, 6.45) is 0. The van der Waals surface area contributed by atoms with Crippen LogP contribution in [0.5, 0.6) is 0 Å². The Kier molecular flexibility index (Phi) is 5.94. The molecular weight excluding hydrogens is 709 g/mol. The number of nitrogens with zero attached hydrogens (tertiary/aromatic N) is 4. The number of hydrogen-bond donors (Lipinski definition) is 0. The van der Waals surface area contributed by atoms with Crippen LogP contribution in [0.4, 0.5) is 0 Å². The van der Waals surface area contributed by atoms with E-state index >= 15 is 0 Å². The molecule has 12 rings (SSSR count). The highest BCUT2D eigenvalue weighted by molar-refractivity contribution is 6.12. The van der Waals surface area contributed by atoms with Crippen molar-refractivity contribution < 1.29 is 12.6 Å². The topological polar surface area (TPSA) is 56.7 Å². The number of furan rings is 1. The fourth-order valence-corrected chi connectivity index (χ4v) is 8.39. The summed E-state index contributed by atoms with van der Waals surface area (Å²) in [5.74, 6) is 1.41. The maximum absolute atomic E-state index is 9.26. The number of benzene rings is 9. The van der Waals surface area contributed by atoms with Crippen LogP contribution in [0, 0.1) is 0 Å². The van der Waals surface area contributed by atoms with Crippen molar-refractivity contribution in [2.24, 2.45) is 0 Å². The Morgan fingerprint density at radius 1 is 0.414 bits per heavy atom. The molecule has 0 atom stereocenters. The summed E-state index contributed by atoms with van der Waals surface area (Å²) in [4.78, 5) is 15.6. The summed E-state index contributed by atoms with van der Waals surface area (Å²) in [5.41, 5.74) is 6.08. The molecule has 0 bridgehead atoms. The second kappa shape index (κ2) is 12.8. The second-order valence-electron chi connectivity index (χ2n) is 14.3. The molecule has 270 valence electrons. The lowest BCUT2D eigenvalue weighted by Crippen LogP contribution is -2.02. The molecule has 12 aromatic rings. The molecule has 0 N–H and O–H groups in total. The molecule has 0 unspecified atom stereocenters. The first-order valence-corrected chi connectivity index (χ1v) is 19.0. The Hall–Kier alpha value is -7.89. The molecule has 0 radical (unpaired) electrons. The van der Waals surface area contributed by atoms with E-state index in [0.29, 0.717) is 51.0 Å². The monoisotopic (exact) mass is 746 g/mol. The average molecular weight is 747 g/mol. The lowest BCUT2D eigenvalue weighted by atomic mass is 9.97. The number of rotatable bonds is 5. The molecule has 3 aromatic heterocycles. The molecule has 9 aromatic carbocycles. The summed E-state index contributed by atoms with van der Waals surface area (Å²) in [5, 5.41) is 6.28. The Morgan fingerprint density at radius 3 is 1.62 bits per heavy atom. The summed E-state index contributed by atoms with van der Waals surface area (Å²) < 4.78 is 62.2. The van der Waals surface area contributed by atoms with Gasteiger partial charge in [0.05, 0.1) is 24.9 Å². The lowest BCUT2D eigenvalue weighted by molar-refractivity contribution is 0.670. The standard InChI is InChI=1S/C53H32N4O/c1-3-18-36-33(14-1)16-11-25-43(36)52-54-51(55-53(56-52)44-26-12-17-34-15-2-4-19-37(34)44)35-30-31-48(57-46-27-8-5-20-38(46)39-21-6-9-28-47(39)57)45(32-35)42-24-13-23-41-40-22-7-10-29-49(40)58-50(41)42/h1-32H/i5D,6D,20D,21D,27D,28D. The first-order valence-electron chi connectivity index (χ1n) is 22.0. The van der Waals surface area contributed by atoms with Crippen LogP contribution in [0.1, 0.15) is 8.22 Å². The zero-order valence-electron chi connectivity index (χ0n) is 36.7. The van der Waals surface area contributed by atoms with E-state index in [9.17, 15) is 2.74 Å². The van der Waals surface area contributed by atoms with Gasteiger partial charge in [-0.1, -0.05) is 158 Å². The molecule has 58 heavy (non-hydrogen) atoms. The van der Waals surface area contributed by atoms with Crippen LogP contribution in [-0.2, 0) is 0 Å². The molecule has 0 amide bonds. The number of fused-ring (bicyclic) bond motifs is 8. The van der Waals surface area contributed by atoms with Crippen molar-refractivity contribution in [1.82, 2.24) is 19.5 Å². The Balaban J connectivity index is 1.20. The average Bonchev–Trinajstić information content (AvgIpc) is 3.90. The fourth-order valence-electron chi connectivity index (χ4n) is 8.39. The zero-order chi connectivity index (χ0) is 43.4. The van der Waals surface area contributed by atoms with Gasteiger partial charge in [-0.2, -0.15) is 0 Å². The molecule has 0 aliphatic heterocycles. The predicted octanol–water partition coefficient (Wildman–Crippen LogP) is 13.8. The first kappa shape index (κ1) is 26.8. The van der Waals surface area contributed by atoms with Gasteiger partial charge in [-0.05, 0) is 57.9 Å². The van der Waals surface area contributed by atoms with Crippen molar-refractivity contribution >= 4 is 65.3 Å². The lowest BCUT2D eigenvalue weighted by Gasteiger charge is -2.17. The van der Waals surface area contributed by atoms with Crippen molar-refractivity contribution in [2.75, 3.05) is 0 Å². The van der Waals surface area contributed by atoms with Crippen LogP contribution in [0.3, 0.4) is 0 Å². The molecule has 0 aliphatic carbocycles. The molecule has 5 heteroatoms. The van der Waals surface area contributed by atoms with Gasteiger partial charge in [-0.25, -0.2) is 15.0 Å². The van der Waals surface area contributed by atoms with E-state index in [1.54, 1.807) is 4.57 Å². The van der Waals surface area contributed by atoms with Crippen molar-refractivity contribution in [3.8, 4) is 51.0 Å². The highest BCUT2D eigenvalue weighted by Gasteiger charge is 2.22. The maximum Gasteiger partial charge on any atom is 0.164 e. The number of para-hydroxylation sites is 4. The largest absolute Gasteiger partial charge is 0.455 e. The summed E-state index contributed by atoms with van der Waals surface area (Å²) in [6, 6.07) is 49.9. The van der Waals surface area contributed by atoms with E-state index in [4.69, 9.17) is 24.9 Å². The highest BCUT2D eigenvalue weighted by Crippen LogP contribution is 2.42. The van der Waals surface area contributed by atoms with Crippen LogP contribution in [0.15, 0.2) is 198 Å². The quantitative estimate of drug-likeness (QED) is 0.176. The Morgan fingerprint density at radius 2 is 0.948 bits per heavy atom. The van der Waals surface area contributed by atoms with Crippen LogP contribution in [-0.4, -0.2) is 19.5 Å². The molecule has 3 heterocycles. The van der Waals surface area contributed by atoms with Gasteiger partial charge in [0.15, 0.2) is 17.5 Å². The zero-order valence-corrected chi connectivity index (χ0v) is 30.7. The van der Waals surface area contributed by atoms with Gasteiger partial charge in [0.2, 0.25) is 0 Å². The van der Waals surface area contributed by atoms with Crippen LogP contribution >= 0.6 is 0 Å². The number of hydrogen-bond acceptors (Lipinski definition) is 4. The molecule has 5 nitrogen and oxygen atoms in total. The molecule has 0 saturated carbocycles. The molecular formula is C53H32N4O. The van der Waals surface area contributed by atoms with Crippen LogP contribution < -0.4 is 0 Å². The number of aromatic nitrogens is 4. The van der Waals surface area contributed by atoms with Gasteiger partial charge < -0.3 is 8.98 Å². The van der Waals surface area contributed by atoms with Gasteiger partial charge >= 0.3 is 0 Å². The van der Waals surface area contributed by atoms with Crippen molar-refractivity contribution in [3.63, 3.8) is 0 Å². The first-order chi connectivity index (χ1) is 31.2. The molecule has 0 spiro atoms. The van der Waals surface area contributed by atoms with Crippen molar-refractivity contribution in [2.45, 2.75) is 0 Å². The van der Waals surface area contributed by atoms with Crippen molar-refractivity contribution in [1.29, 1.82) is 0 Å². The van der Waals surface area contributed by atoms with E-state index < -0.39 is 0 Å². The van der Waals surface area contributed by atoms with E-state index in [-0.39, 0.29) is 58.1 Å². The van der Waals surface area contributed by atoms with Gasteiger partial charge in [0.1, 0.15) is 11.2 Å². The smallest absolute Gasteiger partial charge is 0.164 e. The van der Waals surface area contributed by atoms with Crippen LogP contribution in [0.25, 0.3) is 116 Å². The van der Waals surface area contributed by atoms with Crippen molar-refractivity contribution in [3.05, 3.63) is 194 Å². The van der Waals surface area contributed by atoms with Crippen LogP contribution in [0.2, 0.25) is 0 Å². The van der Waals surface area contributed by atoms with Gasteiger partial charge in [-0.3, -0.25) is 0 Å². The van der Waals surface area contributed by atoms with Gasteiger partial charge in [0.25, 0.3) is 0 Å². The van der Waals surface area contributed by atoms with E-state index in [1.807, 2.05) is 109 Å². The SMILES string of the molecule is [2H]c1cc([2H])c2c(c1[2H])c1c([2H])c([2H])cc([2H])c1n2-c1ccc(-c2nc(-c3cccc4ccccc34)nc(-c3cccc4ccccc34)n2)cc1-c1cccc2c1oc1ccccc12. The summed E-state index contributed by atoms with van der Waals surface area (Å²) in [6.45, 7) is 0. The summed E-state index contributed by atoms with van der Waals surface area (Å²) >= 11 is 0. The third kappa shape index (κ3) is 5.00. The van der Waals surface area contributed by atoms with Gasteiger partial charge in [0, 0.05) is 49.4 Å². The normalized spacial score (nSPS) is 13.2. The maximum atomic E-state index is 9.26. The molecule has 0 saturated heterocycles. The third-order valence-corrected chi connectivity index (χ3v) is 11.0. The third-order valence-electron chi connectivity index (χ3n) is 11.0. The van der Waals surface area contributed by atoms with Gasteiger partial charge in [-0.15, -0.1) is 0 Å². The Bertz CT molecular complexity index is 3770. The molecule has 0 aliphatic rings. The molecule has 0 fully saturated rings. The van der Waals surface area contributed by atoms with E-state index in [0.717, 1.165) is 43.4 Å². The minimum atomic E-state index is -0.182. The van der Waals surface area contributed by atoms with E-state index in [1.165, 1.54) is 12.1 Å². The predicted molar refractivity (Wildman–Crippen MR) is 238 cm³/mol. The Labute approximate surface area is 341 Å². The highest BCUT2D eigenvalue weighted by atomic mass is 16.3. The second-order valence-corrected chi connectivity index (χ2v) is 14.3. The minimum absolute atomic E-state index is 0.0496. The fraction of sp³-hybridized carbons (Fsp3) is 0.